The Kier molecular flexibility index (Phi) is 4.71. The molecule has 0 spiro atoms. The molecular formula is C9H17N5O2. The van der Waals surface area contributed by atoms with Crippen LogP contribution < -0.4 is 11.1 Å². The number of rotatable bonds is 6. The molecule has 1 aromatic heterocycles. The maximum Gasteiger partial charge on any atom is 0.242 e. The molecule has 0 aliphatic carbocycles. The molecule has 1 amide bonds. The lowest BCUT2D eigenvalue weighted by molar-refractivity contribution is -0.122. The molecule has 0 saturated carbocycles. The summed E-state index contributed by atoms with van der Waals surface area (Å²) in [6.45, 7) is 2.14. The third-order valence-electron chi connectivity index (χ3n) is 2.06. The molecule has 16 heavy (non-hydrogen) atoms. The first-order valence-corrected chi connectivity index (χ1v) is 5.17. The molecular weight excluding hydrogens is 210 g/mol. The van der Waals surface area contributed by atoms with E-state index in [0.29, 0.717) is 6.42 Å². The standard InChI is InChI=1S/C9H17N5O2/c1-7(3-2-4-15)12-8(16)5-14-6-11-9(10)13-14/h6-7,15H,2-5H2,1H3,(H2,10,13)(H,12,16). The largest absolute Gasteiger partial charge is 0.396 e. The van der Waals surface area contributed by atoms with Crippen LogP contribution in [0, 0.1) is 0 Å². The Morgan fingerprint density at radius 2 is 2.50 bits per heavy atom. The molecule has 1 unspecified atom stereocenters. The molecule has 0 fully saturated rings. The lowest BCUT2D eigenvalue weighted by Crippen LogP contribution is -2.35. The van der Waals surface area contributed by atoms with Crippen molar-refractivity contribution < 1.29 is 9.90 Å². The molecule has 7 nitrogen and oxygen atoms in total. The highest BCUT2D eigenvalue weighted by atomic mass is 16.3. The van der Waals surface area contributed by atoms with E-state index in [2.05, 4.69) is 15.4 Å². The van der Waals surface area contributed by atoms with Gasteiger partial charge in [-0.1, -0.05) is 0 Å². The summed E-state index contributed by atoms with van der Waals surface area (Å²) in [5.41, 5.74) is 5.32. The van der Waals surface area contributed by atoms with Gasteiger partial charge in [0.1, 0.15) is 12.9 Å². The Balaban J connectivity index is 2.30. The third-order valence-corrected chi connectivity index (χ3v) is 2.06. The van der Waals surface area contributed by atoms with Gasteiger partial charge in [0, 0.05) is 12.6 Å². The number of amides is 1. The quantitative estimate of drug-likeness (QED) is 0.586. The van der Waals surface area contributed by atoms with E-state index in [-0.39, 0.29) is 31.0 Å². The van der Waals surface area contributed by atoms with E-state index < -0.39 is 0 Å². The average molecular weight is 227 g/mol. The van der Waals surface area contributed by atoms with Crippen molar-refractivity contribution in [2.24, 2.45) is 0 Å². The van der Waals surface area contributed by atoms with Crippen LogP contribution in [0.15, 0.2) is 6.33 Å². The Morgan fingerprint density at radius 3 is 3.06 bits per heavy atom. The van der Waals surface area contributed by atoms with Crippen molar-refractivity contribution in [3.63, 3.8) is 0 Å². The van der Waals surface area contributed by atoms with Crippen LogP contribution in [0.1, 0.15) is 19.8 Å². The summed E-state index contributed by atoms with van der Waals surface area (Å²) >= 11 is 0. The number of aliphatic hydroxyl groups is 1. The van der Waals surface area contributed by atoms with E-state index in [0.717, 1.165) is 6.42 Å². The van der Waals surface area contributed by atoms with Gasteiger partial charge in [0.15, 0.2) is 0 Å². The summed E-state index contributed by atoms with van der Waals surface area (Å²) < 4.78 is 1.38. The molecule has 7 heteroatoms. The Hall–Kier alpha value is -1.63. The van der Waals surface area contributed by atoms with Crippen LogP contribution in [0.2, 0.25) is 0 Å². The van der Waals surface area contributed by atoms with Crippen molar-refractivity contribution in [1.82, 2.24) is 20.1 Å². The fraction of sp³-hybridized carbons (Fsp3) is 0.667. The second kappa shape index (κ2) is 6.06. The van der Waals surface area contributed by atoms with Gasteiger partial charge in [-0.05, 0) is 19.8 Å². The van der Waals surface area contributed by atoms with Crippen molar-refractivity contribution in [2.75, 3.05) is 12.3 Å². The van der Waals surface area contributed by atoms with Crippen LogP contribution >= 0.6 is 0 Å². The van der Waals surface area contributed by atoms with Gasteiger partial charge >= 0.3 is 0 Å². The fourth-order valence-corrected chi connectivity index (χ4v) is 1.32. The minimum Gasteiger partial charge on any atom is -0.396 e. The number of aromatic nitrogens is 3. The summed E-state index contributed by atoms with van der Waals surface area (Å²) in [4.78, 5) is 15.2. The lowest BCUT2D eigenvalue weighted by atomic mass is 10.2. The number of hydrogen-bond donors (Lipinski definition) is 3. The average Bonchev–Trinajstić information content (AvgIpc) is 2.60. The summed E-state index contributed by atoms with van der Waals surface area (Å²) in [6.07, 6.45) is 2.84. The van der Waals surface area contributed by atoms with Crippen LogP contribution in [0.4, 0.5) is 5.95 Å². The van der Waals surface area contributed by atoms with E-state index in [9.17, 15) is 4.79 Å². The number of nitrogens with zero attached hydrogens (tertiary/aromatic N) is 3. The number of anilines is 1. The molecule has 1 aromatic rings. The van der Waals surface area contributed by atoms with Gasteiger partial charge in [0.25, 0.3) is 0 Å². The summed E-state index contributed by atoms with van der Waals surface area (Å²) in [7, 11) is 0. The van der Waals surface area contributed by atoms with Crippen molar-refractivity contribution in [3.8, 4) is 0 Å². The molecule has 90 valence electrons. The molecule has 0 saturated heterocycles. The van der Waals surface area contributed by atoms with Gasteiger partial charge in [-0.25, -0.2) is 9.67 Å². The smallest absolute Gasteiger partial charge is 0.242 e. The van der Waals surface area contributed by atoms with E-state index in [4.69, 9.17) is 10.8 Å². The molecule has 0 bridgehead atoms. The predicted molar refractivity (Wildman–Crippen MR) is 58.4 cm³/mol. The van der Waals surface area contributed by atoms with Gasteiger partial charge in [0.2, 0.25) is 11.9 Å². The fourth-order valence-electron chi connectivity index (χ4n) is 1.32. The zero-order valence-electron chi connectivity index (χ0n) is 9.26. The predicted octanol–water partition coefficient (Wildman–Crippen LogP) is -0.862. The number of hydrogen-bond acceptors (Lipinski definition) is 5. The van der Waals surface area contributed by atoms with Crippen LogP contribution in [0.5, 0.6) is 0 Å². The minimum atomic E-state index is -0.143. The normalized spacial score (nSPS) is 12.4. The molecule has 0 radical (unpaired) electrons. The minimum absolute atomic E-state index is 0.0421. The first-order valence-electron chi connectivity index (χ1n) is 5.17. The first kappa shape index (κ1) is 12.4. The van der Waals surface area contributed by atoms with Crippen LogP contribution in [0.3, 0.4) is 0 Å². The van der Waals surface area contributed by atoms with E-state index in [1.807, 2.05) is 6.92 Å². The molecule has 1 rings (SSSR count). The molecule has 1 heterocycles. The highest BCUT2D eigenvalue weighted by molar-refractivity contribution is 5.75. The molecule has 0 aliphatic heterocycles. The van der Waals surface area contributed by atoms with E-state index >= 15 is 0 Å². The highest BCUT2D eigenvalue weighted by Gasteiger charge is 2.08. The highest BCUT2D eigenvalue weighted by Crippen LogP contribution is 1.96. The second-order valence-corrected chi connectivity index (χ2v) is 3.63. The van der Waals surface area contributed by atoms with Crippen LogP contribution in [-0.2, 0) is 11.3 Å². The Bertz CT molecular complexity index is 338. The number of nitrogen functional groups attached to an aromatic ring is 1. The topological polar surface area (TPSA) is 106 Å². The molecule has 4 N–H and O–H groups in total. The number of nitrogens with one attached hydrogen (secondary N) is 1. The maximum absolute atomic E-state index is 11.5. The molecule has 1 atom stereocenters. The molecule has 0 aromatic carbocycles. The van der Waals surface area contributed by atoms with E-state index in [1.54, 1.807) is 0 Å². The van der Waals surface area contributed by atoms with Crippen molar-refractivity contribution in [3.05, 3.63) is 6.33 Å². The van der Waals surface area contributed by atoms with Crippen molar-refractivity contribution >= 4 is 11.9 Å². The third kappa shape index (κ3) is 4.26. The van der Waals surface area contributed by atoms with Gasteiger partial charge in [-0.2, -0.15) is 0 Å². The summed E-state index contributed by atoms with van der Waals surface area (Å²) in [5, 5.41) is 15.2. The zero-order chi connectivity index (χ0) is 12.0. The van der Waals surface area contributed by atoms with Gasteiger partial charge in [-0.15, -0.1) is 5.10 Å². The van der Waals surface area contributed by atoms with Crippen LogP contribution in [0.25, 0.3) is 0 Å². The number of carbonyl (C=O) groups is 1. The Labute approximate surface area is 93.7 Å². The molecule has 0 aliphatic rings. The van der Waals surface area contributed by atoms with Crippen LogP contribution in [-0.4, -0.2) is 38.4 Å². The van der Waals surface area contributed by atoms with Gasteiger partial charge in [-0.3, -0.25) is 4.79 Å². The van der Waals surface area contributed by atoms with Crippen molar-refractivity contribution in [1.29, 1.82) is 0 Å². The number of nitrogens with two attached hydrogens (primary N) is 1. The zero-order valence-corrected chi connectivity index (χ0v) is 9.26. The Morgan fingerprint density at radius 1 is 1.75 bits per heavy atom. The number of carbonyl (C=O) groups excluding carboxylic acids is 1. The SMILES string of the molecule is CC(CCCO)NC(=O)Cn1cnc(N)n1. The number of aliphatic hydroxyl groups excluding tert-OH is 1. The lowest BCUT2D eigenvalue weighted by Gasteiger charge is -2.12. The monoisotopic (exact) mass is 227 g/mol. The summed E-state index contributed by atoms with van der Waals surface area (Å²) in [6, 6.07) is 0.0421. The summed E-state index contributed by atoms with van der Waals surface area (Å²) in [5.74, 6) is 0.0106. The maximum atomic E-state index is 11.5. The van der Waals surface area contributed by atoms with E-state index in [1.165, 1.54) is 11.0 Å². The van der Waals surface area contributed by atoms with Gasteiger partial charge < -0.3 is 16.2 Å². The van der Waals surface area contributed by atoms with Gasteiger partial charge in [0.05, 0.1) is 0 Å². The van der Waals surface area contributed by atoms with Crippen molar-refractivity contribution in [2.45, 2.75) is 32.4 Å². The second-order valence-electron chi connectivity index (χ2n) is 3.63. The first-order chi connectivity index (χ1) is 7.61.